The quantitative estimate of drug-likeness (QED) is 0.672. The maximum absolute atomic E-state index is 12.3. The van der Waals surface area contributed by atoms with Crippen molar-refractivity contribution < 1.29 is 9.13 Å². The minimum absolute atomic E-state index is 0.246. The van der Waals surface area contributed by atoms with Gasteiger partial charge in [-0.15, -0.1) is 0 Å². The Morgan fingerprint density at radius 2 is 2.00 bits per heavy atom. The molecule has 1 fully saturated rings. The Morgan fingerprint density at radius 1 is 1.33 bits per heavy atom. The standard InChI is InChI=1S/C8H9FN2O/c9-6-4-10-8(11-5-6)12-7-2-1-3-7/h4-5,7H,1-3H2. The monoisotopic (exact) mass is 168 g/mol. The molecule has 1 aliphatic rings. The minimum atomic E-state index is -0.434. The molecule has 4 heteroatoms. The first kappa shape index (κ1) is 7.46. The highest BCUT2D eigenvalue weighted by Gasteiger charge is 2.19. The Kier molecular flexibility index (Phi) is 1.89. The Bertz CT molecular complexity index is 258. The van der Waals surface area contributed by atoms with Gasteiger partial charge in [0, 0.05) is 0 Å². The third kappa shape index (κ3) is 1.52. The molecule has 0 N–H and O–H groups in total. The molecule has 1 aliphatic carbocycles. The van der Waals surface area contributed by atoms with Crippen molar-refractivity contribution in [2.45, 2.75) is 25.4 Å². The van der Waals surface area contributed by atoms with Crippen LogP contribution in [-0.4, -0.2) is 16.1 Å². The summed E-state index contributed by atoms with van der Waals surface area (Å²) in [6, 6.07) is 0.279. The van der Waals surface area contributed by atoms with Crippen molar-refractivity contribution in [1.29, 1.82) is 0 Å². The maximum atomic E-state index is 12.3. The highest BCUT2D eigenvalue weighted by atomic mass is 19.1. The molecule has 2 rings (SSSR count). The second-order valence-corrected chi connectivity index (χ2v) is 2.85. The molecule has 12 heavy (non-hydrogen) atoms. The van der Waals surface area contributed by atoms with E-state index in [0.717, 1.165) is 25.2 Å². The lowest BCUT2D eigenvalue weighted by Gasteiger charge is -2.24. The summed E-state index contributed by atoms with van der Waals surface area (Å²) in [5.41, 5.74) is 0. The van der Waals surface area contributed by atoms with Crippen LogP contribution < -0.4 is 4.74 Å². The molecule has 0 unspecified atom stereocenters. The summed E-state index contributed by atoms with van der Waals surface area (Å²) < 4.78 is 17.7. The molecule has 1 aromatic heterocycles. The van der Waals surface area contributed by atoms with Gasteiger partial charge in [-0.3, -0.25) is 0 Å². The highest BCUT2D eigenvalue weighted by molar-refractivity contribution is 4.97. The molecule has 0 bridgehead atoms. The molecule has 0 aliphatic heterocycles. The lowest BCUT2D eigenvalue weighted by atomic mass is 9.96. The normalized spacial score (nSPS) is 17.1. The van der Waals surface area contributed by atoms with E-state index < -0.39 is 5.82 Å². The van der Waals surface area contributed by atoms with Gasteiger partial charge in [0.15, 0.2) is 5.82 Å². The molecule has 1 heterocycles. The second kappa shape index (κ2) is 3.05. The van der Waals surface area contributed by atoms with Crippen molar-refractivity contribution in [2.75, 3.05) is 0 Å². The zero-order chi connectivity index (χ0) is 8.39. The van der Waals surface area contributed by atoms with Crippen LogP contribution in [0.25, 0.3) is 0 Å². The largest absolute Gasteiger partial charge is 0.460 e. The fourth-order valence-electron chi connectivity index (χ4n) is 0.999. The summed E-state index contributed by atoms with van der Waals surface area (Å²) in [5, 5.41) is 0. The molecule has 0 aromatic carbocycles. The van der Waals surface area contributed by atoms with Crippen molar-refractivity contribution in [3.05, 3.63) is 18.2 Å². The lowest BCUT2D eigenvalue weighted by molar-refractivity contribution is 0.108. The number of ether oxygens (including phenoxy) is 1. The fraction of sp³-hybridized carbons (Fsp3) is 0.500. The minimum Gasteiger partial charge on any atom is -0.460 e. The third-order valence-electron chi connectivity index (χ3n) is 1.92. The summed E-state index contributed by atoms with van der Waals surface area (Å²) in [4.78, 5) is 7.38. The van der Waals surface area contributed by atoms with E-state index in [9.17, 15) is 4.39 Å². The van der Waals surface area contributed by atoms with Gasteiger partial charge >= 0.3 is 6.01 Å². The van der Waals surface area contributed by atoms with Crippen LogP contribution in [0.5, 0.6) is 6.01 Å². The van der Waals surface area contributed by atoms with Crippen LogP contribution in [0.2, 0.25) is 0 Å². The van der Waals surface area contributed by atoms with Gasteiger partial charge < -0.3 is 4.74 Å². The van der Waals surface area contributed by atoms with Crippen molar-refractivity contribution in [2.24, 2.45) is 0 Å². The van der Waals surface area contributed by atoms with E-state index in [1.807, 2.05) is 0 Å². The summed E-state index contributed by atoms with van der Waals surface area (Å²) in [7, 11) is 0. The van der Waals surface area contributed by atoms with Crippen molar-refractivity contribution in [1.82, 2.24) is 9.97 Å². The van der Waals surface area contributed by atoms with Gasteiger partial charge in [0.1, 0.15) is 6.10 Å². The SMILES string of the molecule is Fc1cnc(OC2CCC2)nc1. The summed E-state index contributed by atoms with van der Waals surface area (Å²) >= 11 is 0. The van der Waals surface area contributed by atoms with Gasteiger partial charge in [0.25, 0.3) is 0 Å². The van der Waals surface area contributed by atoms with E-state index in [1.165, 1.54) is 6.42 Å². The Hall–Kier alpha value is -1.19. The van der Waals surface area contributed by atoms with Crippen LogP contribution in [-0.2, 0) is 0 Å². The zero-order valence-electron chi connectivity index (χ0n) is 6.53. The molecule has 0 amide bonds. The third-order valence-corrected chi connectivity index (χ3v) is 1.92. The molecule has 0 saturated heterocycles. The first-order chi connectivity index (χ1) is 5.84. The molecule has 0 radical (unpaired) electrons. The van der Waals surface area contributed by atoms with Crippen LogP contribution in [0.3, 0.4) is 0 Å². The van der Waals surface area contributed by atoms with E-state index in [0.29, 0.717) is 0 Å². The van der Waals surface area contributed by atoms with E-state index in [1.54, 1.807) is 0 Å². The molecular formula is C8H9FN2O. The number of aromatic nitrogens is 2. The first-order valence-corrected chi connectivity index (χ1v) is 3.99. The van der Waals surface area contributed by atoms with Gasteiger partial charge in [-0.2, -0.15) is 0 Å². The fourth-order valence-corrected chi connectivity index (χ4v) is 0.999. The Balaban J connectivity index is 1.98. The molecule has 1 saturated carbocycles. The molecule has 0 atom stereocenters. The summed E-state index contributed by atoms with van der Waals surface area (Å²) in [6.07, 6.45) is 5.78. The number of nitrogens with zero attached hydrogens (tertiary/aromatic N) is 2. The van der Waals surface area contributed by atoms with Gasteiger partial charge in [-0.05, 0) is 19.3 Å². The topological polar surface area (TPSA) is 35.0 Å². The molecule has 64 valence electrons. The van der Waals surface area contributed by atoms with Gasteiger partial charge in [-0.1, -0.05) is 0 Å². The van der Waals surface area contributed by atoms with Crippen molar-refractivity contribution >= 4 is 0 Å². The van der Waals surface area contributed by atoms with Gasteiger partial charge in [0.05, 0.1) is 12.4 Å². The van der Waals surface area contributed by atoms with Gasteiger partial charge in [-0.25, -0.2) is 14.4 Å². The number of hydrogen-bond acceptors (Lipinski definition) is 3. The smallest absolute Gasteiger partial charge is 0.316 e. The van der Waals surface area contributed by atoms with E-state index in [2.05, 4.69) is 9.97 Å². The van der Waals surface area contributed by atoms with Crippen LogP contribution in [0, 0.1) is 5.82 Å². The van der Waals surface area contributed by atoms with E-state index in [4.69, 9.17) is 4.74 Å². The maximum Gasteiger partial charge on any atom is 0.316 e. The highest BCUT2D eigenvalue weighted by Crippen LogP contribution is 2.22. The Morgan fingerprint density at radius 3 is 2.50 bits per heavy atom. The summed E-state index contributed by atoms with van der Waals surface area (Å²) in [6.45, 7) is 0. The molecule has 0 spiro atoms. The Labute approximate surface area is 69.6 Å². The average molecular weight is 168 g/mol. The van der Waals surface area contributed by atoms with Crippen LogP contribution in [0.4, 0.5) is 4.39 Å². The van der Waals surface area contributed by atoms with Crippen LogP contribution in [0.1, 0.15) is 19.3 Å². The van der Waals surface area contributed by atoms with E-state index in [-0.39, 0.29) is 12.1 Å². The van der Waals surface area contributed by atoms with Crippen molar-refractivity contribution in [3.63, 3.8) is 0 Å². The number of rotatable bonds is 2. The second-order valence-electron chi connectivity index (χ2n) is 2.85. The molecule has 3 nitrogen and oxygen atoms in total. The predicted molar refractivity (Wildman–Crippen MR) is 40.3 cm³/mol. The number of halogens is 1. The van der Waals surface area contributed by atoms with E-state index >= 15 is 0 Å². The first-order valence-electron chi connectivity index (χ1n) is 3.99. The number of hydrogen-bond donors (Lipinski definition) is 0. The van der Waals surface area contributed by atoms with Crippen LogP contribution in [0.15, 0.2) is 12.4 Å². The van der Waals surface area contributed by atoms with Crippen molar-refractivity contribution in [3.8, 4) is 6.01 Å². The predicted octanol–water partition coefficient (Wildman–Crippen LogP) is 1.55. The molecule has 1 aromatic rings. The average Bonchev–Trinajstić information content (AvgIpc) is 2.00. The van der Waals surface area contributed by atoms with Crippen LogP contribution >= 0.6 is 0 Å². The summed E-state index contributed by atoms with van der Waals surface area (Å²) in [5.74, 6) is -0.434. The van der Waals surface area contributed by atoms with Gasteiger partial charge in [0.2, 0.25) is 0 Å². The zero-order valence-corrected chi connectivity index (χ0v) is 6.53. The molecular weight excluding hydrogens is 159 g/mol. The lowest BCUT2D eigenvalue weighted by Crippen LogP contribution is -2.25.